The van der Waals surface area contributed by atoms with Crippen molar-refractivity contribution in [2.24, 2.45) is 0 Å². The number of halogens is 1. The number of carbonyl (C=O) groups is 2. The van der Waals surface area contributed by atoms with Gasteiger partial charge in [0.25, 0.3) is 5.78 Å². The SMILES string of the molecule is O=C1C(=O)N(c2nnc(SCc3ccccc3F)s2)C(c2ccccc2)/C1=C(/O)c1ccccc1. The lowest BCUT2D eigenvalue weighted by molar-refractivity contribution is -0.132. The molecule has 1 saturated heterocycles. The van der Waals surface area contributed by atoms with Gasteiger partial charge in [-0.15, -0.1) is 10.2 Å². The minimum atomic E-state index is -0.867. The number of carbonyl (C=O) groups excluding carboxylic acids is 2. The Morgan fingerprint density at radius 3 is 2.31 bits per heavy atom. The summed E-state index contributed by atoms with van der Waals surface area (Å²) in [6.45, 7) is 0. The third kappa shape index (κ3) is 4.48. The third-order valence-electron chi connectivity index (χ3n) is 5.52. The van der Waals surface area contributed by atoms with Crippen LogP contribution in [0.2, 0.25) is 0 Å². The molecule has 0 radical (unpaired) electrons. The second kappa shape index (κ2) is 9.81. The van der Waals surface area contributed by atoms with Crippen molar-refractivity contribution >= 4 is 45.7 Å². The fourth-order valence-electron chi connectivity index (χ4n) is 3.85. The fourth-order valence-corrected chi connectivity index (χ4v) is 5.70. The van der Waals surface area contributed by atoms with Gasteiger partial charge in [-0.1, -0.05) is 102 Å². The number of thioether (sulfide) groups is 1. The van der Waals surface area contributed by atoms with Gasteiger partial charge in [-0.05, 0) is 17.2 Å². The topological polar surface area (TPSA) is 83.4 Å². The Morgan fingerprint density at radius 2 is 1.60 bits per heavy atom. The first kappa shape index (κ1) is 22.9. The zero-order valence-corrected chi connectivity index (χ0v) is 19.8. The Hall–Kier alpha value is -3.82. The van der Waals surface area contributed by atoms with Crippen molar-refractivity contribution in [2.75, 3.05) is 4.90 Å². The van der Waals surface area contributed by atoms with Gasteiger partial charge in [-0.3, -0.25) is 14.5 Å². The number of anilines is 1. The molecule has 0 bridgehead atoms. The van der Waals surface area contributed by atoms with Gasteiger partial charge in [0.2, 0.25) is 5.13 Å². The summed E-state index contributed by atoms with van der Waals surface area (Å²) in [7, 11) is 0. The molecule has 5 rings (SSSR count). The lowest BCUT2D eigenvalue weighted by atomic mass is 9.95. The number of rotatable bonds is 6. The second-order valence-electron chi connectivity index (χ2n) is 7.68. The minimum Gasteiger partial charge on any atom is -0.507 e. The molecule has 1 N–H and O–H groups in total. The standard InChI is InChI=1S/C26H18FN3O3S2/c27-19-14-8-7-13-18(19)15-34-26-29-28-25(35-26)30-21(16-9-3-1-4-10-16)20(23(32)24(30)33)22(31)17-11-5-2-6-12-17/h1-14,21,31H,15H2/b22-20-. The summed E-state index contributed by atoms with van der Waals surface area (Å²) >= 11 is 2.43. The van der Waals surface area contributed by atoms with Crippen LogP contribution in [0.1, 0.15) is 22.7 Å². The smallest absolute Gasteiger partial charge is 0.301 e. The molecule has 1 aromatic heterocycles. The maximum atomic E-state index is 14.0. The number of aliphatic hydroxyl groups excluding tert-OH is 1. The zero-order valence-electron chi connectivity index (χ0n) is 18.2. The van der Waals surface area contributed by atoms with Gasteiger partial charge in [0.15, 0.2) is 4.34 Å². The molecule has 1 aliphatic rings. The van der Waals surface area contributed by atoms with Gasteiger partial charge in [0.1, 0.15) is 11.6 Å². The Kier molecular flexibility index (Phi) is 6.43. The van der Waals surface area contributed by atoms with E-state index in [0.717, 1.165) is 11.3 Å². The van der Waals surface area contributed by atoms with Gasteiger partial charge in [0, 0.05) is 11.3 Å². The van der Waals surface area contributed by atoms with Crippen molar-refractivity contribution < 1.29 is 19.1 Å². The van der Waals surface area contributed by atoms with E-state index < -0.39 is 17.7 Å². The summed E-state index contributed by atoms with van der Waals surface area (Å²) in [5.74, 6) is -1.80. The van der Waals surface area contributed by atoms with Gasteiger partial charge >= 0.3 is 5.91 Å². The maximum Gasteiger partial charge on any atom is 0.301 e. The van der Waals surface area contributed by atoms with Gasteiger partial charge < -0.3 is 5.11 Å². The average molecular weight is 504 g/mol. The molecule has 3 aromatic carbocycles. The minimum absolute atomic E-state index is 0.0110. The number of benzene rings is 3. The predicted octanol–water partition coefficient (Wildman–Crippen LogP) is 5.60. The van der Waals surface area contributed by atoms with Crippen LogP contribution in [0, 0.1) is 5.82 Å². The lowest BCUT2D eigenvalue weighted by Gasteiger charge is -2.22. The number of amides is 1. The second-order valence-corrected chi connectivity index (χ2v) is 9.85. The highest BCUT2D eigenvalue weighted by Gasteiger charge is 2.48. The van der Waals surface area contributed by atoms with E-state index >= 15 is 0 Å². The highest BCUT2D eigenvalue weighted by Crippen LogP contribution is 2.44. The highest BCUT2D eigenvalue weighted by molar-refractivity contribution is 8.00. The summed E-state index contributed by atoms with van der Waals surface area (Å²) in [6.07, 6.45) is 0. The van der Waals surface area contributed by atoms with E-state index in [4.69, 9.17) is 0 Å². The molecule has 1 aliphatic heterocycles. The van der Waals surface area contributed by atoms with Crippen molar-refractivity contribution in [2.45, 2.75) is 16.1 Å². The summed E-state index contributed by atoms with van der Waals surface area (Å²) in [6, 6.07) is 23.2. The van der Waals surface area contributed by atoms with Crippen LogP contribution in [0.25, 0.3) is 5.76 Å². The molecule has 4 aromatic rings. The van der Waals surface area contributed by atoms with Crippen LogP contribution in [0.4, 0.5) is 9.52 Å². The summed E-state index contributed by atoms with van der Waals surface area (Å²) in [5.41, 5.74) is 1.61. The van der Waals surface area contributed by atoms with Crippen LogP contribution in [0.15, 0.2) is 94.8 Å². The largest absolute Gasteiger partial charge is 0.507 e. The Balaban J connectivity index is 1.52. The third-order valence-corrected chi connectivity index (χ3v) is 7.62. The molecule has 6 nitrogen and oxygen atoms in total. The molecule has 1 fully saturated rings. The number of hydrogen-bond donors (Lipinski definition) is 1. The van der Waals surface area contributed by atoms with E-state index in [-0.39, 0.29) is 22.3 Å². The number of aromatic nitrogens is 2. The van der Waals surface area contributed by atoms with Crippen LogP contribution in [0.3, 0.4) is 0 Å². The molecule has 1 amide bonds. The summed E-state index contributed by atoms with van der Waals surface area (Å²) < 4.78 is 14.5. The molecule has 0 saturated carbocycles. The van der Waals surface area contributed by atoms with E-state index in [1.807, 2.05) is 6.07 Å². The number of Topliss-reactive ketones (excluding diaryl/α,β-unsaturated/α-hetero) is 1. The van der Waals surface area contributed by atoms with Crippen molar-refractivity contribution in [3.05, 3.63) is 113 Å². The van der Waals surface area contributed by atoms with Crippen LogP contribution >= 0.6 is 23.1 Å². The van der Waals surface area contributed by atoms with Crippen LogP contribution in [0.5, 0.6) is 0 Å². The van der Waals surface area contributed by atoms with E-state index in [1.54, 1.807) is 72.8 Å². The monoisotopic (exact) mass is 503 g/mol. The average Bonchev–Trinajstić information content (AvgIpc) is 3.46. The van der Waals surface area contributed by atoms with Gasteiger partial charge in [-0.2, -0.15) is 0 Å². The van der Waals surface area contributed by atoms with E-state index in [1.165, 1.54) is 22.7 Å². The molecule has 35 heavy (non-hydrogen) atoms. The first-order chi connectivity index (χ1) is 17.0. The van der Waals surface area contributed by atoms with E-state index in [0.29, 0.717) is 26.8 Å². The maximum absolute atomic E-state index is 14.0. The highest BCUT2D eigenvalue weighted by atomic mass is 32.2. The van der Waals surface area contributed by atoms with Gasteiger partial charge in [0.05, 0.1) is 11.6 Å². The van der Waals surface area contributed by atoms with Crippen LogP contribution in [-0.4, -0.2) is 27.0 Å². The first-order valence-corrected chi connectivity index (χ1v) is 12.5. The van der Waals surface area contributed by atoms with Gasteiger partial charge in [-0.25, -0.2) is 4.39 Å². The van der Waals surface area contributed by atoms with Crippen LogP contribution < -0.4 is 4.90 Å². The first-order valence-electron chi connectivity index (χ1n) is 10.7. The molecule has 174 valence electrons. The number of aliphatic hydroxyl groups is 1. The van der Waals surface area contributed by atoms with Crippen molar-refractivity contribution in [1.82, 2.24) is 10.2 Å². The quantitative estimate of drug-likeness (QED) is 0.121. The molecule has 1 unspecified atom stereocenters. The van der Waals surface area contributed by atoms with E-state index in [2.05, 4.69) is 10.2 Å². The predicted molar refractivity (Wildman–Crippen MR) is 134 cm³/mol. The lowest BCUT2D eigenvalue weighted by Crippen LogP contribution is -2.29. The Morgan fingerprint density at radius 1 is 0.943 bits per heavy atom. The fraction of sp³-hybridized carbons (Fsp3) is 0.0769. The van der Waals surface area contributed by atoms with Crippen molar-refractivity contribution in [3.8, 4) is 0 Å². The molecular weight excluding hydrogens is 485 g/mol. The molecule has 0 aliphatic carbocycles. The summed E-state index contributed by atoms with van der Waals surface area (Å²) in [4.78, 5) is 27.6. The Labute approximate surface area is 208 Å². The molecule has 9 heteroatoms. The zero-order chi connectivity index (χ0) is 24.4. The molecular formula is C26H18FN3O3S2. The van der Waals surface area contributed by atoms with Crippen molar-refractivity contribution in [3.63, 3.8) is 0 Å². The Bertz CT molecular complexity index is 1420. The summed E-state index contributed by atoms with van der Waals surface area (Å²) in [5, 5.41) is 19.6. The number of ketones is 1. The normalized spacial score (nSPS) is 17.2. The molecule has 0 spiro atoms. The van der Waals surface area contributed by atoms with Crippen LogP contribution in [-0.2, 0) is 15.3 Å². The molecule has 2 heterocycles. The number of nitrogens with zero attached hydrogens (tertiary/aromatic N) is 3. The number of hydrogen-bond acceptors (Lipinski definition) is 7. The van der Waals surface area contributed by atoms with Crippen molar-refractivity contribution in [1.29, 1.82) is 0 Å². The molecule has 1 atom stereocenters. The van der Waals surface area contributed by atoms with E-state index in [9.17, 15) is 19.1 Å².